The van der Waals surface area contributed by atoms with Crippen LogP contribution in [-0.2, 0) is 6.54 Å². The summed E-state index contributed by atoms with van der Waals surface area (Å²) in [4.78, 5) is 20.9. The van der Waals surface area contributed by atoms with Gasteiger partial charge in [0, 0.05) is 36.7 Å². The van der Waals surface area contributed by atoms with Crippen LogP contribution in [0, 0.1) is 28.6 Å². The number of alkyl halides is 2. The van der Waals surface area contributed by atoms with Crippen molar-refractivity contribution in [3.05, 3.63) is 69.6 Å². The predicted octanol–water partition coefficient (Wildman–Crippen LogP) is 4.71. The third-order valence-electron chi connectivity index (χ3n) is 5.36. The van der Waals surface area contributed by atoms with Gasteiger partial charge in [-0.1, -0.05) is 11.3 Å². The SMILES string of the molecule is N#Cc1cc(Oc2ccc(C#N)c(-c3ccc4c(n3)sc(=O)n4CC3CC3(F)F)c2)ccn1. The van der Waals surface area contributed by atoms with Gasteiger partial charge in [0.15, 0.2) is 0 Å². The third kappa shape index (κ3) is 3.93. The Bertz CT molecular complexity index is 1550. The lowest BCUT2D eigenvalue weighted by molar-refractivity contribution is 0.0952. The molecule has 3 heterocycles. The summed E-state index contributed by atoms with van der Waals surface area (Å²) in [5.74, 6) is -2.72. The first kappa shape index (κ1) is 20.7. The highest BCUT2D eigenvalue weighted by Gasteiger charge is 2.56. The van der Waals surface area contributed by atoms with Crippen LogP contribution in [0.5, 0.6) is 11.5 Å². The van der Waals surface area contributed by atoms with E-state index in [1.165, 1.54) is 16.8 Å². The van der Waals surface area contributed by atoms with Crippen molar-refractivity contribution in [3.8, 4) is 34.9 Å². The molecule has 0 aliphatic heterocycles. The van der Waals surface area contributed by atoms with E-state index in [0.29, 0.717) is 38.7 Å². The molecule has 3 aromatic heterocycles. The number of halogens is 2. The molecule has 4 aromatic rings. The summed E-state index contributed by atoms with van der Waals surface area (Å²) in [6.45, 7) is -0.0454. The van der Waals surface area contributed by atoms with Crippen LogP contribution in [0.1, 0.15) is 17.7 Å². The van der Waals surface area contributed by atoms with E-state index >= 15 is 0 Å². The van der Waals surface area contributed by atoms with Crippen LogP contribution in [-0.4, -0.2) is 20.5 Å². The zero-order chi connectivity index (χ0) is 23.2. The maximum absolute atomic E-state index is 13.3. The second-order valence-electron chi connectivity index (χ2n) is 7.57. The highest BCUT2D eigenvalue weighted by molar-refractivity contribution is 7.16. The van der Waals surface area contributed by atoms with Crippen molar-refractivity contribution in [2.75, 3.05) is 0 Å². The predicted molar refractivity (Wildman–Crippen MR) is 116 cm³/mol. The van der Waals surface area contributed by atoms with Crippen molar-refractivity contribution in [1.82, 2.24) is 14.5 Å². The van der Waals surface area contributed by atoms with Crippen LogP contribution < -0.4 is 9.61 Å². The Labute approximate surface area is 189 Å². The Morgan fingerprint density at radius 2 is 1.94 bits per heavy atom. The van der Waals surface area contributed by atoms with E-state index in [-0.39, 0.29) is 23.5 Å². The van der Waals surface area contributed by atoms with Gasteiger partial charge in [0.2, 0.25) is 0 Å². The fourth-order valence-corrected chi connectivity index (χ4v) is 4.40. The minimum absolute atomic E-state index is 0.0454. The Morgan fingerprint density at radius 3 is 2.67 bits per heavy atom. The molecule has 10 heteroatoms. The second-order valence-corrected chi connectivity index (χ2v) is 8.51. The quantitative estimate of drug-likeness (QED) is 0.426. The molecule has 1 aliphatic carbocycles. The summed E-state index contributed by atoms with van der Waals surface area (Å²) in [6.07, 6.45) is 1.24. The highest BCUT2D eigenvalue weighted by Crippen LogP contribution is 2.49. The van der Waals surface area contributed by atoms with Crippen LogP contribution in [0.25, 0.3) is 21.6 Å². The first-order chi connectivity index (χ1) is 15.9. The maximum atomic E-state index is 13.3. The zero-order valence-corrected chi connectivity index (χ0v) is 17.6. The number of hydrogen-bond acceptors (Lipinski definition) is 7. The van der Waals surface area contributed by atoms with Crippen LogP contribution in [0.2, 0.25) is 0 Å². The standard InChI is InChI=1S/C23H13F2N5O2S/c24-23(25)9-14(23)12-30-20-4-3-19(29-21(20)33-22(30)31)18-8-16(2-1-13(18)10-26)32-17-5-6-28-15(7-17)11-27/h1-8,14H,9,12H2. The first-order valence-electron chi connectivity index (χ1n) is 9.85. The Kier molecular flexibility index (Phi) is 4.88. The molecule has 1 saturated carbocycles. The second kappa shape index (κ2) is 7.76. The molecule has 1 unspecified atom stereocenters. The van der Waals surface area contributed by atoms with Crippen LogP contribution in [0.3, 0.4) is 0 Å². The number of benzene rings is 1. The van der Waals surface area contributed by atoms with Gasteiger partial charge in [-0.15, -0.1) is 0 Å². The monoisotopic (exact) mass is 461 g/mol. The maximum Gasteiger partial charge on any atom is 0.309 e. The molecule has 0 bridgehead atoms. The molecule has 1 fully saturated rings. The van der Waals surface area contributed by atoms with Gasteiger partial charge in [-0.25, -0.2) is 18.7 Å². The summed E-state index contributed by atoms with van der Waals surface area (Å²) < 4.78 is 33.8. The third-order valence-corrected chi connectivity index (χ3v) is 6.25. The molecule has 162 valence electrons. The molecule has 0 N–H and O–H groups in total. The van der Waals surface area contributed by atoms with Gasteiger partial charge in [-0.3, -0.25) is 9.36 Å². The molecule has 5 rings (SSSR count). The van der Waals surface area contributed by atoms with Crippen LogP contribution in [0.4, 0.5) is 8.78 Å². The number of thiazole rings is 1. The molecule has 0 spiro atoms. The smallest absolute Gasteiger partial charge is 0.309 e. The molecule has 0 saturated heterocycles. The van der Waals surface area contributed by atoms with Crippen molar-refractivity contribution >= 4 is 21.7 Å². The van der Waals surface area contributed by atoms with Crippen molar-refractivity contribution < 1.29 is 13.5 Å². The fourth-order valence-electron chi connectivity index (χ4n) is 3.53. The van der Waals surface area contributed by atoms with E-state index < -0.39 is 11.8 Å². The molecule has 1 aromatic carbocycles. The molecule has 1 atom stereocenters. The number of nitriles is 2. The summed E-state index contributed by atoms with van der Waals surface area (Å²) in [5, 5.41) is 18.6. The molecule has 0 radical (unpaired) electrons. The zero-order valence-electron chi connectivity index (χ0n) is 16.8. The average Bonchev–Trinajstić information content (AvgIpc) is 3.30. The van der Waals surface area contributed by atoms with Gasteiger partial charge in [0.05, 0.1) is 22.8 Å². The number of ether oxygens (including phenoxy) is 1. The number of nitrogens with zero attached hydrogens (tertiary/aromatic N) is 5. The van der Waals surface area contributed by atoms with Crippen molar-refractivity contribution in [1.29, 1.82) is 10.5 Å². The van der Waals surface area contributed by atoms with Gasteiger partial charge >= 0.3 is 4.87 Å². The van der Waals surface area contributed by atoms with Crippen molar-refractivity contribution in [2.24, 2.45) is 5.92 Å². The molecule has 33 heavy (non-hydrogen) atoms. The number of hydrogen-bond donors (Lipinski definition) is 0. The van der Waals surface area contributed by atoms with Gasteiger partial charge in [-0.05, 0) is 36.4 Å². The summed E-state index contributed by atoms with van der Waals surface area (Å²) in [6, 6.07) is 15.3. The lowest BCUT2D eigenvalue weighted by Gasteiger charge is -2.10. The normalized spacial score (nSPS) is 16.2. The van der Waals surface area contributed by atoms with Gasteiger partial charge in [0.25, 0.3) is 5.92 Å². The summed E-state index contributed by atoms with van der Waals surface area (Å²) in [7, 11) is 0. The largest absolute Gasteiger partial charge is 0.457 e. The highest BCUT2D eigenvalue weighted by atomic mass is 32.1. The topological polar surface area (TPSA) is 105 Å². The van der Waals surface area contributed by atoms with E-state index in [9.17, 15) is 18.8 Å². The van der Waals surface area contributed by atoms with Gasteiger partial charge in [-0.2, -0.15) is 10.5 Å². The van der Waals surface area contributed by atoms with Gasteiger partial charge < -0.3 is 4.74 Å². The van der Waals surface area contributed by atoms with E-state index in [1.807, 2.05) is 6.07 Å². The lowest BCUT2D eigenvalue weighted by Crippen LogP contribution is -2.15. The molecular formula is C23H13F2N5O2S. The summed E-state index contributed by atoms with van der Waals surface area (Å²) >= 11 is 0.882. The first-order valence-corrected chi connectivity index (χ1v) is 10.7. The molecule has 1 aliphatic rings. The fraction of sp³-hybridized carbons (Fsp3) is 0.174. The molecule has 0 amide bonds. The van der Waals surface area contributed by atoms with Crippen molar-refractivity contribution in [3.63, 3.8) is 0 Å². The van der Waals surface area contributed by atoms with E-state index in [0.717, 1.165) is 11.3 Å². The Balaban J connectivity index is 1.51. The number of aromatic nitrogens is 3. The minimum Gasteiger partial charge on any atom is -0.457 e. The number of rotatable bonds is 5. The summed E-state index contributed by atoms with van der Waals surface area (Å²) in [5.41, 5.74) is 1.99. The number of pyridine rings is 2. The Hall–Kier alpha value is -4.15. The number of fused-ring (bicyclic) bond motifs is 1. The van der Waals surface area contributed by atoms with E-state index in [4.69, 9.17) is 10.00 Å². The molecule has 7 nitrogen and oxygen atoms in total. The van der Waals surface area contributed by atoms with Crippen LogP contribution in [0.15, 0.2) is 53.5 Å². The Morgan fingerprint density at radius 1 is 1.15 bits per heavy atom. The molecular weight excluding hydrogens is 448 g/mol. The van der Waals surface area contributed by atoms with E-state index in [1.54, 1.807) is 36.4 Å². The lowest BCUT2D eigenvalue weighted by atomic mass is 10.0. The minimum atomic E-state index is -2.72. The average molecular weight is 461 g/mol. The van der Waals surface area contributed by atoms with Gasteiger partial charge in [0.1, 0.15) is 28.1 Å². The van der Waals surface area contributed by atoms with E-state index in [2.05, 4.69) is 16.0 Å². The van der Waals surface area contributed by atoms with Crippen molar-refractivity contribution in [2.45, 2.75) is 18.9 Å². The van der Waals surface area contributed by atoms with Crippen LogP contribution >= 0.6 is 11.3 Å².